The van der Waals surface area contributed by atoms with Crippen molar-refractivity contribution in [3.8, 4) is 0 Å². The van der Waals surface area contributed by atoms with Gasteiger partial charge in [-0.25, -0.2) is 9.97 Å². The van der Waals surface area contributed by atoms with Crippen molar-refractivity contribution in [2.45, 2.75) is 6.92 Å². The van der Waals surface area contributed by atoms with E-state index < -0.39 is 0 Å². The smallest absolute Gasteiger partial charge is 0.274 e. The number of amides is 2. The molecule has 7 nitrogen and oxygen atoms in total. The first kappa shape index (κ1) is 18.4. The Balaban J connectivity index is 1.65. The standard InChI is InChI=1S/C17H17Cl2N5O2/c1-11(25)23-4-6-24(7-5-23)17(26)15-9-21-16(10-20-15)22-14-8-12(18)2-3-13(14)19/h2-3,8-10H,4-7H2,1H3,(H,21,22). The topological polar surface area (TPSA) is 78.4 Å². The molecule has 1 aliphatic rings. The molecule has 1 fully saturated rings. The van der Waals surface area contributed by atoms with E-state index in [1.54, 1.807) is 28.0 Å². The van der Waals surface area contributed by atoms with Gasteiger partial charge < -0.3 is 15.1 Å². The summed E-state index contributed by atoms with van der Waals surface area (Å²) in [5.41, 5.74) is 0.858. The molecule has 2 heterocycles. The normalized spacial score (nSPS) is 14.3. The quantitative estimate of drug-likeness (QED) is 0.866. The highest BCUT2D eigenvalue weighted by Crippen LogP contribution is 2.27. The molecule has 2 amide bonds. The van der Waals surface area contributed by atoms with Crippen LogP contribution >= 0.6 is 23.2 Å². The highest BCUT2D eigenvalue weighted by atomic mass is 35.5. The summed E-state index contributed by atoms with van der Waals surface area (Å²) in [5.74, 6) is 0.271. The van der Waals surface area contributed by atoms with E-state index in [1.165, 1.54) is 19.3 Å². The van der Waals surface area contributed by atoms with Crippen LogP contribution in [0.1, 0.15) is 17.4 Å². The SMILES string of the molecule is CC(=O)N1CCN(C(=O)c2cnc(Nc3cc(Cl)ccc3Cl)cn2)CC1. The Kier molecular flexibility index (Phi) is 5.58. The van der Waals surface area contributed by atoms with Crippen LogP contribution in [-0.2, 0) is 4.79 Å². The van der Waals surface area contributed by atoms with E-state index in [4.69, 9.17) is 23.2 Å². The number of piperazine rings is 1. The molecule has 0 radical (unpaired) electrons. The lowest BCUT2D eigenvalue weighted by Gasteiger charge is -2.33. The second-order valence-corrected chi connectivity index (χ2v) is 6.68. The van der Waals surface area contributed by atoms with E-state index in [1.807, 2.05) is 0 Å². The first-order valence-electron chi connectivity index (χ1n) is 8.03. The monoisotopic (exact) mass is 393 g/mol. The number of rotatable bonds is 3. The number of nitrogens with one attached hydrogen (secondary N) is 1. The highest BCUT2D eigenvalue weighted by molar-refractivity contribution is 6.35. The zero-order valence-corrected chi connectivity index (χ0v) is 15.6. The Morgan fingerprint density at radius 3 is 2.35 bits per heavy atom. The lowest BCUT2D eigenvalue weighted by Crippen LogP contribution is -2.50. The summed E-state index contributed by atoms with van der Waals surface area (Å²) >= 11 is 12.1. The van der Waals surface area contributed by atoms with Crippen LogP contribution in [0.4, 0.5) is 11.5 Å². The van der Waals surface area contributed by atoms with E-state index in [0.717, 1.165) is 0 Å². The van der Waals surface area contributed by atoms with Crippen LogP contribution in [-0.4, -0.2) is 57.8 Å². The fraction of sp³-hybridized carbons (Fsp3) is 0.294. The molecule has 136 valence electrons. The van der Waals surface area contributed by atoms with Crippen molar-refractivity contribution in [3.63, 3.8) is 0 Å². The molecule has 0 atom stereocenters. The van der Waals surface area contributed by atoms with Crippen molar-refractivity contribution in [1.29, 1.82) is 0 Å². The molecule has 2 aromatic rings. The molecule has 0 saturated carbocycles. The average molecular weight is 394 g/mol. The maximum absolute atomic E-state index is 12.5. The molecule has 3 rings (SSSR count). The number of carbonyl (C=O) groups is 2. The first-order valence-corrected chi connectivity index (χ1v) is 8.78. The molecule has 0 unspecified atom stereocenters. The number of halogens is 2. The zero-order chi connectivity index (χ0) is 18.7. The van der Waals surface area contributed by atoms with Crippen LogP contribution in [0.3, 0.4) is 0 Å². The van der Waals surface area contributed by atoms with Gasteiger partial charge in [-0.1, -0.05) is 23.2 Å². The van der Waals surface area contributed by atoms with Crippen molar-refractivity contribution in [2.75, 3.05) is 31.5 Å². The average Bonchev–Trinajstić information content (AvgIpc) is 2.65. The Labute approximate surface area is 160 Å². The summed E-state index contributed by atoms with van der Waals surface area (Å²) in [7, 11) is 0. The van der Waals surface area contributed by atoms with Gasteiger partial charge in [0.05, 0.1) is 23.1 Å². The maximum atomic E-state index is 12.5. The summed E-state index contributed by atoms with van der Waals surface area (Å²) in [5, 5.41) is 4.06. The second-order valence-electron chi connectivity index (χ2n) is 5.83. The van der Waals surface area contributed by atoms with E-state index in [-0.39, 0.29) is 17.5 Å². The third-order valence-corrected chi connectivity index (χ3v) is 4.64. The fourth-order valence-corrected chi connectivity index (χ4v) is 2.96. The number of hydrogen-bond donors (Lipinski definition) is 1. The van der Waals surface area contributed by atoms with Gasteiger partial charge in [0, 0.05) is 38.1 Å². The Morgan fingerprint density at radius 2 is 1.73 bits per heavy atom. The summed E-state index contributed by atoms with van der Waals surface area (Å²) in [6, 6.07) is 5.05. The van der Waals surface area contributed by atoms with Gasteiger partial charge in [-0.05, 0) is 18.2 Å². The lowest BCUT2D eigenvalue weighted by atomic mass is 10.2. The predicted octanol–water partition coefficient (Wildman–Crippen LogP) is 2.83. The van der Waals surface area contributed by atoms with Crippen LogP contribution < -0.4 is 5.32 Å². The molecule has 0 aliphatic carbocycles. The van der Waals surface area contributed by atoms with Crippen molar-refractivity contribution in [3.05, 3.63) is 46.3 Å². The molecule has 26 heavy (non-hydrogen) atoms. The molecule has 0 spiro atoms. The molecule has 9 heteroatoms. The number of carbonyl (C=O) groups excluding carboxylic acids is 2. The van der Waals surface area contributed by atoms with Gasteiger partial charge in [-0.15, -0.1) is 0 Å². The Bertz CT molecular complexity index is 820. The number of aromatic nitrogens is 2. The van der Waals surface area contributed by atoms with Gasteiger partial charge in [0.25, 0.3) is 5.91 Å². The van der Waals surface area contributed by atoms with Crippen molar-refractivity contribution in [2.24, 2.45) is 0 Å². The number of hydrogen-bond acceptors (Lipinski definition) is 5. The van der Waals surface area contributed by atoms with Gasteiger partial charge in [-0.3, -0.25) is 9.59 Å². The van der Waals surface area contributed by atoms with Gasteiger partial charge in [0.15, 0.2) is 0 Å². The van der Waals surface area contributed by atoms with Crippen molar-refractivity contribution < 1.29 is 9.59 Å². The van der Waals surface area contributed by atoms with E-state index in [2.05, 4.69) is 15.3 Å². The largest absolute Gasteiger partial charge is 0.339 e. The summed E-state index contributed by atoms with van der Waals surface area (Å²) in [6.07, 6.45) is 2.89. The minimum Gasteiger partial charge on any atom is -0.339 e. The number of benzene rings is 1. The lowest BCUT2D eigenvalue weighted by molar-refractivity contribution is -0.130. The Hall–Kier alpha value is -2.38. The molecular formula is C17H17Cl2N5O2. The molecular weight excluding hydrogens is 377 g/mol. The van der Waals surface area contributed by atoms with Crippen LogP contribution in [0.15, 0.2) is 30.6 Å². The van der Waals surface area contributed by atoms with Crippen LogP contribution in [0.5, 0.6) is 0 Å². The van der Waals surface area contributed by atoms with Crippen LogP contribution in [0.2, 0.25) is 10.0 Å². The maximum Gasteiger partial charge on any atom is 0.274 e. The molecule has 1 aromatic carbocycles. The van der Waals surface area contributed by atoms with Crippen LogP contribution in [0.25, 0.3) is 0 Å². The van der Waals surface area contributed by atoms with Gasteiger partial charge >= 0.3 is 0 Å². The predicted molar refractivity (Wildman–Crippen MR) is 99.9 cm³/mol. The minimum atomic E-state index is -0.201. The van der Waals surface area contributed by atoms with Crippen molar-refractivity contribution >= 4 is 46.5 Å². The second kappa shape index (κ2) is 7.88. The van der Waals surface area contributed by atoms with Crippen molar-refractivity contribution in [1.82, 2.24) is 19.8 Å². The third-order valence-electron chi connectivity index (χ3n) is 4.07. The van der Waals surface area contributed by atoms with Crippen LogP contribution in [0, 0.1) is 0 Å². The van der Waals surface area contributed by atoms with E-state index >= 15 is 0 Å². The van der Waals surface area contributed by atoms with E-state index in [0.29, 0.717) is 47.7 Å². The van der Waals surface area contributed by atoms with Gasteiger partial charge in [0.2, 0.25) is 5.91 Å². The summed E-state index contributed by atoms with van der Waals surface area (Å²) < 4.78 is 0. The highest BCUT2D eigenvalue weighted by Gasteiger charge is 2.24. The van der Waals surface area contributed by atoms with Gasteiger partial charge in [-0.2, -0.15) is 0 Å². The first-order chi connectivity index (χ1) is 12.4. The van der Waals surface area contributed by atoms with Gasteiger partial charge in [0.1, 0.15) is 11.5 Å². The molecule has 1 aromatic heterocycles. The summed E-state index contributed by atoms with van der Waals surface area (Å²) in [4.78, 5) is 35.6. The molecule has 1 aliphatic heterocycles. The molecule has 0 bridgehead atoms. The zero-order valence-electron chi connectivity index (χ0n) is 14.1. The molecule has 1 saturated heterocycles. The summed E-state index contributed by atoms with van der Waals surface area (Å²) in [6.45, 7) is 3.56. The number of anilines is 2. The fourth-order valence-electron chi connectivity index (χ4n) is 2.62. The van der Waals surface area contributed by atoms with E-state index in [9.17, 15) is 9.59 Å². The third kappa shape index (κ3) is 4.23. The Morgan fingerprint density at radius 1 is 1.04 bits per heavy atom. The number of nitrogens with zero attached hydrogens (tertiary/aromatic N) is 4. The minimum absolute atomic E-state index is 0.0204. The molecule has 1 N–H and O–H groups in total.